The number of tetrazole rings is 1. The first kappa shape index (κ1) is 14.5. The molecule has 6 heteroatoms. The van der Waals surface area contributed by atoms with Gasteiger partial charge in [-0.05, 0) is 34.4 Å². The van der Waals surface area contributed by atoms with E-state index in [9.17, 15) is 0 Å². The molecule has 0 radical (unpaired) electrons. The summed E-state index contributed by atoms with van der Waals surface area (Å²) >= 11 is 5.28. The molecule has 0 amide bonds. The molecular formula is C13H17BrN4S. The van der Waals surface area contributed by atoms with Crippen LogP contribution in [-0.2, 0) is 0 Å². The summed E-state index contributed by atoms with van der Waals surface area (Å²) < 4.78 is 1.79. The first-order valence-electron chi connectivity index (χ1n) is 6.25. The Morgan fingerprint density at radius 1 is 1.26 bits per heavy atom. The molecule has 0 bridgehead atoms. The maximum atomic E-state index is 4.11. The Hall–Kier alpha value is -0.880. The molecule has 4 nitrogen and oxygen atoms in total. The summed E-state index contributed by atoms with van der Waals surface area (Å²) in [5.41, 5.74) is 0.995. The van der Waals surface area contributed by atoms with Crippen LogP contribution in [0.25, 0.3) is 5.69 Å². The first-order chi connectivity index (χ1) is 9.22. The Balaban J connectivity index is 2.08. The van der Waals surface area contributed by atoms with Crippen LogP contribution >= 0.6 is 27.7 Å². The fraction of sp³-hybridized carbons (Fsp3) is 0.462. The average molecular weight is 341 g/mol. The molecule has 1 heterocycles. The van der Waals surface area contributed by atoms with Gasteiger partial charge in [0.2, 0.25) is 5.16 Å². The second kappa shape index (κ2) is 7.05. The minimum atomic E-state index is 0.617. The van der Waals surface area contributed by atoms with Gasteiger partial charge in [-0.15, -0.1) is 5.10 Å². The molecule has 0 saturated heterocycles. The zero-order valence-electron chi connectivity index (χ0n) is 11.0. The maximum absolute atomic E-state index is 4.11. The highest BCUT2D eigenvalue weighted by molar-refractivity contribution is 9.09. The van der Waals surface area contributed by atoms with Gasteiger partial charge < -0.3 is 0 Å². The van der Waals surface area contributed by atoms with E-state index in [4.69, 9.17) is 0 Å². The Kier molecular flexibility index (Phi) is 5.39. The normalized spacial score (nSPS) is 12.8. The molecule has 2 aromatic rings. The van der Waals surface area contributed by atoms with Gasteiger partial charge in [0.25, 0.3) is 0 Å². The van der Waals surface area contributed by atoms with Gasteiger partial charge in [-0.2, -0.15) is 4.68 Å². The Labute approximate surface area is 126 Å². The molecule has 0 aliphatic heterocycles. The molecule has 0 fully saturated rings. The lowest BCUT2D eigenvalue weighted by atomic mass is 10.0. The number of aromatic nitrogens is 4. The lowest BCUT2D eigenvalue weighted by Gasteiger charge is -2.16. The van der Waals surface area contributed by atoms with Crippen LogP contribution in [0.1, 0.15) is 13.8 Å². The van der Waals surface area contributed by atoms with Gasteiger partial charge in [-0.1, -0.05) is 59.7 Å². The molecule has 1 aromatic heterocycles. The topological polar surface area (TPSA) is 43.6 Å². The number of halogens is 1. The fourth-order valence-electron chi connectivity index (χ4n) is 1.60. The van der Waals surface area contributed by atoms with Crippen LogP contribution in [0.2, 0.25) is 0 Å². The number of para-hydroxylation sites is 1. The summed E-state index contributed by atoms with van der Waals surface area (Å²) in [4.78, 5) is 0. The monoisotopic (exact) mass is 340 g/mol. The van der Waals surface area contributed by atoms with Crippen molar-refractivity contribution in [2.24, 2.45) is 11.8 Å². The van der Waals surface area contributed by atoms with Gasteiger partial charge in [0, 0.05) is 11.1 Å². The Bertz CT molecular complexity index is 500. The first-order valence-corrected chi connectivity index (χ1v) is 8.35. The molecule has 0 N–H and O–H groups in total. The van der Waals surface area contributed by atoms with Crippen LogP contribution in [-0.4, -0.2) is 31.3 Å². The predicted molar refractivity (Wildman–Crippen MR) is 82.0 cm³/mol. The molecule has 1 atom stereocenters. The SMILES string of the molecule is CC(C)C(CBr)CSc1nnnn1-c1ccccc1. The lowest BCUT2D eigenvalue weighted by molar-refractivity contribution is 0.474. The van der Waals surface area contributed by atoms with Crippen molar-refractivity contribution < 1.29 is 0 Å². The summed E-state index contributed by atoms with van der Waals surface area (Å²) in [6.45, 7) is 4.49. The second-order valence-electron chi connectivity index (χ2n) is 4.68. The number of rotatable bonds is 6. The third kappa shape index (κ3) is 3.79. The molecule has 0 aliphatic carbocycles. The molecular weight excluding hydrogens is 324 g/mol. The van der Waals surface area contributed by atoms with Crippen LogP contribution < -0.4 is 0 Å². The van der Waals surface area contributed by atoms with E-state index in [1.807, 2.05) is 30.3 Å². The molecule has 19 heavy (non-hydrogen) atoms. The quantitative estimate of drug-likeness (QED) is 0.596. The number of alkyl halides is 1. The smallest absolute Gasteiger partial charge is 0.188 e. The van der Waals surface area contributed by atoms with Crippen LogP contribution in [0, 0.1) is 11.8 Å². The third-order valence-corrected chi connectivity index (χ3v) is 4.95. The molecule has 0 aliphatic rings. The van der Waals surface area contributed by atoms with E-state index in [0.29, 0.717) is 11.8 Å². The number of hydrogen-bond acceptors (Lipinski definition) is 4. The van der Waals surface area contributed by atoms with Gasteiger partial charge in [-0.3, -0.25) is 0 Å². The van der Waals surface area contributed by atoms with Gasteiger partial charge in [-0.25, -0.2) is 0 Å². The minimum absolute atomic E-state index is 0.617. The summed E-state index contributed by atoms with van der Waals surface area (Å²) in [7, 11) is 0. The Morgan fingerprint density at radius 3 is 2.63 bits per heavy atom. The van der Waals surface area contributed by atoms with Gasteiger partial charge in [0.1, 0.15) is 0 Å². The molecule has 2 rings (SSSR count). The largest absolute Gasteiger partial charge is 0.214 e. The Morgan fingerprint density at radius 2 is 2.00 bits per heavy atom. The van der Waals surface area contributed by atoms with Crippen molar-refractivity contribution in [3.63, 3.8) is 0 Å². The number of thioether (sulfide) groups is 1. The lowest BCUT2D eigenvalue weighted by Crippen LogP contribution is -2.13. The zero-order chi connectivity index (χ0) is 13.7. The zero-order valence-corrected chi connectivity index (χ0v) is 13.4. The van der Waals surface area contributed by atoms with E-state index in [1.54, 1.807) is 16.4 Å². The second-order valence-corrected chi connectivity index (χ2v) is 6.31. The number of benzene rings is 1. The highest BCUT2D eigenvalue weighted by atomic mass is 79.9. The summed E-state index contributed by atoms with van der Waals surface area (Å²) in [5.74, 6) is 2.27. The summed E-state index contributed by atoms with van der Waals surface area (Å²) in [6, 6.07) is 9.97. The summed E-state index contributed by atoms with van der Waals surface area (Å²) in [5, 5.41) is 13.8. The molecule has 0 spiro atoms. The number of nitrogens with zero attached hydrogens (tertiary/aromatic N) is 4. The van der Waals surface area contributed by atoms with Crippen LogP contribution in [0.15, 0.2) is 35.5 Å². The maximum Gasteiger partial charge on any atom is 0.214 e. The van der Waals surface area contributed by atoms with E-state index in [0.717, 1.165) is 21.9 Å². The van der Waals surface area contributed by atoms with E-state index in [-0.39, 0.29) is 0 Å². The van der Waals surface area contributed by atoms with Crippen molar-refractivity contribution in [3.05, 3.63) is 30.3 Å². The predicted octanol–water partition coefficient (Wildman–Crippen LogP) is 3.42. The van der Waals surface area contributed by atoms with E-state index in [2.05, 4.69) is 45.3 Å². The van der Waals surface area contributed by atoms with Crippen molar-refractivity contribution in [2.45, 2.75) is 19.0 Å². The van der Waals surface area contributed by atoms with Crippen LogP contribution in [0.4, 0.5) is 0 Å². The van der Waals surface area contributed by atoms with Crippen molar-refractivity contribution >= 4 is 27.7 Å². The molecule has 102 valence electrons. The number of hydrogen-bond donors (Lipinski definition) is 0. The minimum Gasteiger partial charge on any atom is -0.188 e. The van der Waals surface area contributed by atoms with Crippen molar-refractivity contribution in [1.82, 2.24) is 20.2 Å². The van der Waals surface area contributed by atoms with Crippen molar-refractivity contribution in [3.8, 4) is 5.69 Å². The molecule has 1 aromatic carbocycles. The van der Waals surface area contributed by atoms with E-state index < -0.39 is 0 Å². The fourth-order valence-corrected chi connectivity index (χ4v) is 4.10. The van der Waals surface area contributed by atoms with Crippen molar-refractivity contribution in [2.75, 3.05) is 11.1 Å². The third-order valence-electron chi connectivity index (χ3n) is 3.01. The molecule has 1 unspecified atom stereocenters. The average Bonchev–Trinajstić information content (AvgIpc) is 2.88. The molecule has 0 saturated carbocycles. The summed E-state index contributed by atoms with van der Waals surface area (Å²) in [6.07, 6.45) is 0. The van der Waals surface area contributed by atoms with Crippen LogP contribution in [0.3, 0.4) is 0 Å². The highest BCUT2D eigenvalue weighted by Crippen LogP contribution is 2.25. The van der Waals surface area contributed by atoms with Crippen molar-refractivity contribution in [1.29, 1.82) is 0 Å². The standard InChI is InChI=1S/C13H17BrN4S/c1-10(2)11(8-14)9-19-13-15-16-17-18(13)12-6-4-3-5-7-12/h3-7,10-11H,8-9H2,1-2H3. The highest BCUT2D eigenvalue weighted by Gasteiger charge is 2.15. The van der Waals surface area contributed by atoms with Gasteiger partial charge in [0.05, 0.1) is 5.69 Å². The van der Waals surface area contributed by atoms with Crippen LogP contribution in [0.5, 0.6) is 0 Å². The van der Waals surface area contributed by atoms with Gasteiger partial charge in [0.15, 0.2) is 0 Å². The van der Waals surface area contributed by atoms with E-state index in [1.165, 1.54) is 0 Å². The van der Waals surface area contributed by atoms with Gasteiger partial charge >= 0.3 is 0 Å². The van der Waals surface area contributed by atoms with E-state index >= 15 is 0 Å².